The lowest BCUT2D eigenvalue weighted by molar-refractivity contribution is 1.01. The zero-order chi connectivity index (χ0) is 9.97. The van der Waals surface area contributed by atoms with Crippen molar-refractivity contribution in [3.8, 4) is 0 Å². The Morgan fingerprint density at radius 2 is 2.21 bits per heavy atom. The van der Waals surface area contributed by atoms with Crippen molar-refractivity contribution in [1.82, 2.24) is 15.0 Å². The van der Waals surface area contributed by atoms with Gasteiger partial charge in [-0.05, 0) is 25.3 Å². The highest BCUT2D eigenvalue weighted by atomic mass is 32.2. The van der Waals surface area contributed by atoms with Gasteiger partial charge in [0, 0.05) is 17.9 Å². The van der Waals surface area contributed by atoms with Crippen LogP contribution < -0.4 is 0 Å². The summed E-state index contributed by atoms with van der Waals surface area (Å²) in [5.74, 6) is 2.13. The van der Waals surface area contributed by atoms with E-state index in [0.29, 0.717) is 0 Å². The van der Waals surface area contributed by atoms with Gasteiger partial charge in [-0.25, -0.2) is 9.97 Å². The molecule has 1 N–H and O–H groups in total. The number of rotatable bonds is 3. The predicted molar refractivity (Wildman–Crippen MR) is 60.7 cm³/mol. The van der Waals surface area contributed by atoms with Crippen LogP contribution in [0.3, 0.4) is 0 Å². The zero-order valence-corrected chi connectivity index (χ0v) is 9.19. The average Bonchev–Trinajstić information content (AvgIpc) is 2.56. The van der Waals surface area contributed by atoms with E-state index in [1.807, 2.05) is 30.8 Å². The Balaban J connectivity index is 2.32. The van der Waals surface area contributed by atoms with Crippen molar-refractivity contribution >= 4 is 22.9 Å². The molecule has 2 heterocycles. The molecule has 0 saturated heterocycles. The van der Waals surface area contributed by atoms with E-state index >= 15 is 0 Å². The van der Waals surface area contributed by atoms with Gasteiger partial charge in [0.15, 0.2) is 5.65 Å². The molecule has 2 rings (SSSR count). The molecule has 74 valence electrons. The minimum absolute atomic E-state index is 0.834. The summed E-state index contributed by atoms with van der Waals surface area (Å²) in [6.07, 6.45) is 3.08. The van der Waals surface area contributed by atoms with Crippen molar-refractivity contribution in [3.63, 3.8) is 0 Å². The highest BCUT2D eigenvalue weighted by Gasteiger charge is 2.02. The first-order valence-corrected chi connectivity index (χ1v) is 6.00. The SMILES string of the molecule is CSCCc1nc2nc(C)ccc2[nH]1. The van der Waals surface area contributed by atoms with Crippen molar-refractivity contribution in [3.05, 3.63) is 23.7 Å². The first kappa shape index (κ1) is 9.52. The number of aryl methyl sites for hydroxylation is 2. The Morgan fingerprint density at radius 3 is 3.00 bits per heavy atom. The fourth-order valence-electron chi connectivity index (χ4n) is 1.35. The third kappa shape index (κ3) is 1.90. The normalized spacial score (nSPS) is 11.0. The first-order chi connectivity index (χ1) is 6.79. The van der Waals surface area contributed by atoms with Gasteiger partial charge in [0.25, 0.3) is 0 Å². The van der Waals surface area contributed by atoms with Gasteiger partial charge in [0.2, 0.25) is 0 Å². The molecule has 0 aliphatic heterocycles. The number of aromatic nitrogens is 3. The van der Waals surface area contributed by atoms with Gasteiger partial charge < -0.3 is 4.98 Å². The number of pyridine rings is 1. The Bertz CT molecular complexity index is 436. The fourth-order valence-corrected chi connectivity index (χ4v) is 1.75. The highest BCUT2D eigenvalue weighted by Crippen LogP contribution is 2.10. The van der Waals surface area contributed by atoms with E-state index in [-0.39, 0.29) is 0 Å². The second-order valence-corrected chi connectivity index (χ2v) is 4.24. The summed E-state index contributed by atoms with van der Waals surface area (Å²) < 4.78 is 0. The molecule has 0 radical (unpaired) electrons. The summed E-state index contributed by atoms with van der Waals surface area (Å²) in [4.78, 5) is 12.1. The van der Waals surface area contributed by atoms with Crippen molar-refractivity contribution in [2.24, 2.45) is 0 Å². The van der Waals surface area contributed by atoms with Gasteiger partial charge in [0.05, 0.1) is 5.52 Å². The van der Waals surface area contributed by atoms with E-state index < -0.39 is 0 Å². The lowest BCUT2D eigenvalue weighted by atomic mass is 10.4. The summed E-state index contributed by atoms with van der Waals surface area (Å²) in [7, 11) is 0. The van der Waals surface area contributed by atoms with E-state index in [9.17, 15) is 0 Å². The number of nitrogens with zero attached hydrogens (tertiary/aromatic N) is 2. The topological polar surface area (TPSA) is 41.6 Å². The molecule has 0 aliphatic carbocycles. The van der Waals surface area contributed by atoms with Crippen molar-refractivity contribution in [1.29, 1.82) is 0 Å². The van der Waals surface area contributed by atoms with Crippen molar-refractivity contribution in [2.45, 2.75) is 13.3 Å². The zero-order valence-electron chi connectivity index (χ0n) is 8.37. The lowest BCUT2D eigenvalue weighted by Crippen LogP contribution is -1.89. The van der Waals surface area contributed by atoms with E-state index in [4.69, 9.17) is 0 Å². The van der Waals surface area contributed by atoms with Gasteiger partial charge in [-0.1, -0.05) is 0 Å². The third-order valence-corrected chi connectivity index (χ3v) is 2.69. The van der Waals surface area contributed by atoms with Gasteiger partial charge in [-0.15, -0.1) is 0 Å². The highest BCUT2D eigenvalue weighted by molar-refractivity contribution is 7.98. The molecule has 0 bridgehead atoms. The standard InChI is InChI=1S/C10H13N3S/c1-7-3-4-8-10(11-7)13-9(12-8)5-6-14-2/h3-4H,5-6H2,1-2H3,(H,11,12,13). The Hall–Kier alpha value is -1.03. The van der Waals surface area contributed by atoms with Crippen molar-refractivity contribution in [2.75, 3.05) is 12.0 Å². The summed E-state index contributed by atoms with van der Waals surface area (Å²) in [6, 6.07) is 4.03. The quantitative estimate of drug-likeness (QED) is 0.838. The Labute approximate surface area is 87.3 Å². The predicted octanol–water partition coefficient (Wildman–Crippen LogP) is 2.17. The molecule has 0 aliphatic rings. The van der Waals surface area contributed by atoms with Gasteiger partial charge in [-0.3, -0.25) is 0 Å². The number of imidazole rings is 1. The van der Waals surface area contributed by atoms with Crippen LogP contribution in [0.2, 0.25) is 0 Å². The molecule has 0 unspecified atom stereocenters. The number of fused-ring (bicyclic) bond motifs is 1. The monoisotopic (exact) mass is 207 g/mol. The van der Waals surface area contributed by atoms with E-state index in [0.717, 1.165) is 34.9 Å². The van der Waals surface area contributed by atoms with Crippen LogP contribution in [0.5, 0.6) is 0 Å². The number of H-pyrrole nitrogens is 1. The summed E-state index contributed by atoms with van der Waals surface area (Å²) in [5, 5.41) is 0. The number of hydrogen-bond acceptors (Lipinski definition) is 3. The Kier molecular flexibility index (Phi) is 2.72. The van der Waals surface area contributed by atoms with Crippen LogP contribution in [0.4, 0.5) is 0 Å². The molecule has 0 saturated carbocycles. The average molecular weight is 207 g/mol. The van der Waals surface area contributed by atoms with Crippen molar-refractivity contribution < 1.29 is 0 Å². The maximum Gasteiger partial charge on any atom is 0.177 e. The van der Waals surface area contributed by atoms with E-state index in [1.165, 1.54) is 0 Å². The maximum atomic E-state index is 4.43. The van der Waals surface area contributed by atoms with E-state index in [2.05, 4.69) is 21.2 Å². The van der Waals surface area contributed by atoms with Crippen LogP contribution in [0.1, 0.15) is 11.5 Å². The molecule has 4 heteroatoms. The van der Waals surface area contributed by atoms with Crippen LogP contribution in [-0.2, 0) is 6.42 Å². The molecule has 0 spiro atoms. The smallest absolute Gasteiger partial charge is 0.177 e. The van der Waals surface area contributed by atoms with Crippen LogP contribution in [0.15, 0.2) is 12.1 Å². The molecule has 3 nitrogen and oxygen atoms in total. The number of nitrogens with one attached hydrogen (secondary N) is 1. The lowest BCUT2D eigenvalue weighted by Gasteiger charge is -1.90. The number of aromatic amines is 1. The third-order valence-electron chi connectivity index (χ3n) is 2.08. The molecule has 0 amide bonds. The molecule has 14 heavy (non-hydrogen) atoms. The minimum Gasteiger partial charge on any atom is -0.341 e. The molecule has 0 aromatic carbocycles. The molecular weight excluding hydrogens is 194 g/mol. The second kappa shape index (κ2) is 4.00. The largest absolute Gasteiger partial charge is 0.341 e. The summed E-state index contributed by atoms with van der Waals surface area (Å²) in [5.41, 5.74) is 2.88. The van der Waals surface area contributed by atoms with Gasteiger partial charge in [0.1, 0.15) is 5.82 Å². The first-order valence-electron chi connectivity index (χ1n) is 4.61. The molecule has 2 aromatic rings. The summed E-state index contributed by atoms with van der Waals surface area (Å²) in [6.45, 7) is 1.98. The van der Waals surface area contributed by atoms with Crippen LogP contribution >= 0.6 is 11.8 Å². The van der Waals surface area contributed by atoms with Crippen LogP contribution in [0.25, 0.3) is 11.2 Å². The van der Waals surface area contributed by atoms with E-state index in [1.54, 1.807) is 0 Å². The van der Waals surface area contributed by atoms with Gasteiger partial charge >= 0.3 is 0 Å². The van der Waals surface area contributed by atoms with Gasteiger partial charge in [-0.2, -0.15) is 11.8 Å². The Morgan fingerprint density at radius 1 is 1.36 bits per heavy atom. The number of hydrogen-bond donors (Lipinski definition) is 1. The summed E-state index contributed by atoms with van der Waals surface area (Å²) >= 11 is 1.83. The fraction of sp³-hybridized carbons (Fsp3) is 0.400. The minimum atomic E-state index is 0.834. The molecule has 2 aromatic heterocycles. The second-order valence-electron chi connectivity index (χ2n) is 3.25. The van der Waals surface area contributed by atoms with Crippen LogP contribution in [0, 0.1) is 6.92 Å². The maximum absolute atomic E-state index is 4.43. The number of thioether (sulfide) groups is 1. The molecule has 0 atom stereocenters. The van der Waals surface area contributed by atoms with Crippen LogP contribution in [-0.4, -0.2) is 27.0 Å². The molecular formula is C10H13N3S. The molecule has 0 fully saturated rings.